The average Bonchev–Trinajstić information content (AvgIpc) is 3.00. The van der Waals surface area contributed by atoms with Gasteiger partial charge in [0.05, 0.1) is 14.2 Å². The van der Waals surface area contributed by atoms with Crippen LogP contribution in [0.4, 0.5) is 0 Å². The predicted molar refractivity (Wildman–Crippen MR) is 93.8 cm³/mol. The highest BCUT2D eigenvalue weighted by molar-refractivity contribution is 7.12. The molecule has 0 saturated carbocycles. The Morgan fingerprint density at radius 2 is 1.91 bits per heavy atom. The van der Waals surface area contributed by atoms with Gasteiger partial charge >= 0.3 is 0 Å². The minimum Gasteiger partial charge on any atom is -0.493 e. The van der Waals surface area contributed by atoms with Crippen molar-refractivity contribution in [3.05, 3.63) is 44.6 Å². The number of fused-ring (bicyclic) bond motifs is 4. The Hall–Kier alpha value is -1.52. The van der Waals surface area contributed by atoms with Gasteiger partial charge in [-0.25, -0.2) is 0 Å². The standard InChI is InChI=1S/C19H23NO2S/c1-4-14-7-13-11-20-6-5-12-8-17(21-2)18(22-3)9-15(12)16(20)10-19(13)23-14/h7-9,16H,4-6,10-11H2,1-3H3/t16-/m0/s1. The third-order valence-corrected chi connectivity index (χ3v) is 6.51. The summed E-state index contributed by atoms with van der Waals surface area (Å²) in [6, 6.07) is 7.27. The van der Waals surface area contributed by atoms with Crippen LogP contribution >= 0.6 is 11.3 Å². The third-order valence-electron chi connectivity index (χ3n) is 5.16. The maximum Gasteiger partial charge on any atom is 0.161 e. The van der Waals surface area contributed by atoms with Crippen LogP contribution in [-0.2, 0) is 25.8 Å². The second-order valence-corrected chi connectivity index (χ2v) is 7.58. The van der Waals surface area contributed by atoms with Crippen molar-refractivity contribution in [2.75, 3.05) is 20.8 Å². The van der Waals surface area contributed by atoms with Crippen molar-refractivity contribution in [1.29, 1.82) is 0 Å². The lowest BCUT2D eigenvalue weighted by atomic mass is 9.86. The second kappa shape index (κ2) is 5.84. The van der Waals surface area contributed by atoms with Crippen molar-refractivity contribution in [1.82, 2.24) is 4.90 Å². The Morgan fingerprint density at radius 1 is 1.13 bits per heavy atom. The van der Waals surface area contributed by atoms with Crippen LogP contribution in [0.1, 0.15) is 39.4 Å². The highest BCUT2D eigenvalue weighted by Crippen LogP contribution is 2.44. The highest BCUT2D eigenvalue weighted by Gasteiger charge is 2.33. The molecule has 0 N–H and O–H groups in total. The number of methoxy groups -OCH3 is 2. The second-order valence-electron chi connectivity index (χ2n) is 6.36. The van der Waals surface area contributed by atoms with Crippen LogP contribution in [0.3, 0.4) is 0 Å². The molecule has 23 heavy (non-hydrogen) atoms. The summed E-state index contributed by atoms with van der Waals surface area (Å²) < 4.78 is 11.0. The van der Waals surface area contributed by atoms with Gasteiger partial charge in [0.25, 0.3) is 0 Å². The third kappa shape index (κ3) is 2.45. The fourth-order valence-electron chi connectivity index (χ4n) is 3.91. The quantitative estimate of drug-likeness (QED) is 0.850. The molecule has 1 atom stereocenters. The van der Waals surface area contributed by atoms with Crippen molar-refractivity contribution >= 4 is 11.3 Å². The SMILES string of the molecule is CCc1cc2c(s1)C[C@H]1c3cc(OC)c(OC)cc3CCN1C2. The molecule has 2 aliphatic heterocycles. The molecule has 0 amide bonds. The minimum absolute atomic E-state index is 0.481. The molecule has 2 aromatic rings. The molecule has 3 heterocycles. The predicted octanol–water partition coefficient (Wildman–Crippen LogP) is 3.98. The van der Waals surface area contributed by atoms with Crippen LogP contribution in [-0.4, -0.2) is 25.7 Å². The van der Waals surface area contributed by atoms with Crippen LogP contribution in [0.2, 0.25) is 0 Å². The van der Waals surface area contributed by atoms with Gasteiger partial charge in [-0.15, -0.1) is 11.3 Å². The van der Waals surface area contributed by atoms with Gasteiger partial charge in [0.2, 0.25) is 0 Å². The van der Waals surface area contributed by atoms with Gasteiger partial charge in [0.15, 0.2) is 11.5 Å². The molecule has 0 spiro atoms. The Kier molecular flexibility index (Phi) is 3.82. The van der Waals surface area contributed by atoms with Gasteiger partial charge in [0.1, 0.15) is 0 Å². The zero-order chi connectivity index (χ0) is 16.0. The largest absolute Gasteiger partial charge is 0.493 e. The highest BCUT2D eigenvalue weighted by atomic mass is 32.1. The van der Waals surface area contributed by atoms with Crippen LogP contribution in [0, 0.1) is 0 Å². The zero-order valence-corrected chi connectivity index (χ0v) is 14.8. The van der Waals surface area contributed by atoms with Gasteiger partial charge in [-0.2, -0.15) is 0 Å². The molecule has 0 aliphatic carbocycles. The summed E-state index contributed by atoms with van der Waals surface area (Å²) in [4.78, 5) is 5.72. The van der Waals surface area contributed by atoms with Gasteiger partial charge in [0, 0.05) is 35.3 Å². The number of hydrogen-bond donors (Lipinski definition) is 0. The van der Waals surface area contributed by atoms with E-state index in [2.05, 4.69) is 30.0 Å². The maximum atomic E-state index is 5.53. The summed E-state index contributed by atoms with van der Waals surface area (Å²) in [5.41, 5.74) is 4.39. The number of thiophene rings is 1. The molecule has 3 nitrogen and oxygen atoms in total. The van der Waals surface area contributed by atoms with Gasteiger partial charge in [-0.3, -0.25) is 4.90 Å². The first kappa shape index (κ1) is 15.0. The number of aryl methyl sites for hydroxylation is 1. The van der Waals surface area contributed by atoms with Crippen LogP contribution in [0.15, 0.2) is 18.2 Å². The van der Waals surface area contributed by atoms with E-state index in [-0.39, 0.29) is 0 Å². The molecule has 2 aliphatic rings. The van der Waals surface area contributed by atoms with E-state index in [0.29, 0.717) is 6.04 Å². The summed E-state index contributed by atoms with van der Waals surface area (Å²) in [6.07, 6.45) is 3.36. The smallest absolute Gasteiger partial charge is 0.161 e. The lowest BCUT2D eigenvalue weighted by Gasteiger charge is -2.40. The molecule has 122 valence electrons. The van der Waals surface area contributed by atoms with E-state index in [4.69, 9.17) is 9.47 Å². The molecule has 0 unspecified atom stereocenters. The van der Waals surface area contributed by atoms with Crippen LogP contribution in [0.25, 0.3) is 0 Å². The summed E-state index contributed by atoms with van der Waals surface area (Å²) in [6.45, 7) is 4.46. The summed E-state index contributed by atoms with van der Waals surface area (Å²) >= 11 is 2.00. The van der Waals surface area contributed by atoms with Crippen molar-refractivity contribution in [2.24, 2.45) is 0 Å². The van der Waals surface area contributed by atoms with Crippen molar-refractivity contribution in [2.45, 2.75) is 38.8 Å². The Labute approximate surface area is 141 Å². The Morgan fingerprint density at radius 3 is 2.65 bits per heavy atom. The van der Waals surface area contributed by atoms with E-state index in [9.17, 15) is 0 Å². The van der Waals surface area contributed by atoms with Crippen LogP contribution in [0.5, 0.6) is 11.5 Å². The van der Waals surface area contributed by atoms with Crippen molar-refractivity contribution < 1.29 is 9.47 Å². The number of rotatable bonds is 3. The van der Waals surface area contributed by atoms with E-state index >= 15 is 0 Å². The molecular weight excluding hydrogens is 306 g/mol. The zero-order valence-electron chi connectivity index (χ0n) is 14.0. The van der Waals surface area contributed by atoms with Gasteiger partial charge in [-0.1, -0.05) is 6.92 Å². The molecule has 1 aromatic carbocycles. The first-order chi connectivity index (χ1) is 11.2. The molecule has 0 saturated heterocycles. The van der Waals surface area contributed by atoms with Crippen molar-refractivity contribution in [3.8, 4) is 11.5 Å². The molecule has 4 rings (SSSR count). The summed E-state index contributed by atoms with van der Waals surface area (Å²) in [5.74, 6) is 1.69. The minimum atomic E-state index is 0.481. The fourth-order valence-corrected chi connectivity index (χ4v) is 5.07. The summed E-state index contributed by atoms with van der Waals surface area (Å²) in [5, 5.41) is 0. The Bertz CT molecular complexity index is 737. The maximum absolute atomic E-state index is 5.53. The van der Waals surface area contributed by atoms with Crippen molar-refractivity contribution in [3.63, 3.8) is 0 Å². The molecule has 0 bridgehead atoms. The molecule has 1 aromatic heterocycles. The first-order valence-electron chi connectivity index (χ1n) is 8.32. The van der Waals surface area contributed by atoms with Gasteiger partial charge < -0.3 is 9.47 Å². The van der Waals surface area contributed by atoms with E-state index in [0.717, 1.165) is 43.9 Å². The molecule has 0 radical (unpaired) electrons. The van der Waals surface area contributed by atoms with E-state index in [1.54, 1.807) is 24.7 Å². The monoisotopic (exact) mass is 329 g/mol. The normalized spacial score (nSPS) is 19.7. The van der Waals surface area contributed by atoms with E-state index < -0.39 is 0 Å². The average molecular weight is 329 g/mol. The lowest BCUT2D eigenvalue weighted by molar-refractivity contribution is 0.162. The molecular formula is C19H23NO2S. The lowest BCUT2D eigenvalue weighted by Crippen LogP contribution is -2.38. The number of benzene rings is 1. The number of hydrogen-bond acceptors (Lipinski definition) is 4. The van der Waals surface area contributed by atoms with Gasteiger partial charge in [-0.05, 0) is 47.7 Å². The van der Waals surface area contributed by atoms with Crippen LogP contribution < -0.4 is 9.47 Å². The van der Waals surface area contributed by atoms with E-state index in [1.165, 1.54) is 16.0 Å². The fraction of sp³-hybridized carbons (Fsp3) is 0.474. The Balaban J connectivity index is 1.74. The first-order valence-corrected chi connectivity index (χ1v) is 9.14. The number of nitrogens with zero attached hydrogens (tertiary/aromatic N) is 1. The van der Waals surface area contributed by atoms with E-state index in [1.807, 2.05) is 11.3 Å². The topological polar surface area (TPSA) is 21.7 Å². The summed E-state index contributed by atoms with van der Waals surface area (Å²) in [7, 11) is 3.43. The number of ether oxygens (including phenoxy) is 2. The molecule has 0 fully saturated rings. The molecule has 4 heteroatoms.